The lowest BCUT2D eigenvalue weighted by atomic mass is 9.89. The molecule has 21 heavy (non-hydrogen) atoms. The van der Waals surface area contributed by atoms with Gasteiger partial charge in [0.2, 0.25) is 0 Å². The molecule has 0 spiro atoms. The van der Waals surface area contributed by atoms with E-state index in [4.69, 9.17) is 0 Å². The van der Waals surface area contributed by atoms with Crippen LogP contribution in [-0.2, 0) is 6.42 Å². The van der Waals surface area contributed by atoms with Crippen LogP contribution < -0.4 is 5.32 Å². The number of H-pyrrole nitrogens is 1. The maximum absolute atomic E-state index is 3.95. The van der Waals surface area contributed by atoms with Crippen LogP contribution in [0.25, 0.3) is 10.9 Å². The van der Waals surface area contributed by atoms with Crippen LogP contribution in [0.2, 0.25) is 0 Å². The monoisotopic (exact) mass is 346 g/mol. The van der Waals surface area contributed by atoms with Crippen LogP contribution in [0, 0.1) is 0 Å². The van der Waals surface area contributed by atoms with Crippen molar-refractivity contribution in [3.8, 4) is 0 Å². The third-order valence-electron chi connectivity index (χ3n) is 5.23. The average molecular weight is 347 g/mol. The Kier molecular flexibility index (Phi) is 3.80. The highest BCUT2D eigenvalue weighted by Crippen LogP contribution is 2.37. The van der Waals surface area contributed by atoms with Gasteiger partial charge in [0.05, 0.1) is 5.52 Å². The number of hydrogen-bond donors (Lipinski definition) is 2. The molecule has 0 amide bonds. The first-order valence-corrected chi connectivity index (χ1v) is 9.17. The second kappa shape index (κ2) is 5.77. The molecule has 1 atom stereocenters. The molecule has 2 nitrogen and oxygen atoms in total. The Morgan fingerprint density at radius 1 is 1.05 bits per heavy atom. The summed E-state index contributed by atoms with van der Waals surface area (Å²) >= 11 is 3.69. The molecular weight excluding hydrogens is 324 g/mol. The zero-order valence-electron chi connectivity index (χ0n) is 12.4. The summed E-state index contributed by atoms with van der Waals surface area (Å²) in [4.78, 5) is 3.71. The fraction of sp³-hybridized carbons (Fsp3) is 0.556. The number of aryl methyl sites for hydroxylation is 1. The van der Waals surface area contributed by atoms with E-state index in [-0.39, 0.29) is 0 Å². The number of halogens is 1. The standard InChI is InChI=1S/C18H23BrN2/c19-15-10-4-8-13-14-9-5-11-16(18(14)21-17(13)15)20-12-6-2-1-3-7-12/h4,8,10,12,16,20-21H,1-3,5-7,9,11H2. The summed E-state index contributed by atoms with van der Waals surface area (Å²) in [5.74, 6) is 0. The lowest BCUT2D eigenvalue weighted by Crippen LogP contribution is -2.36. The second-order valence-electron chi connectivity index (χ2n) is 6.63. The van der Waals surface area contributed by atoms with E-state index < -0.39 is 0 Å². The van der Waals surface area contributed by atoms with Gasteiger partial charge in [-0.2, -0.15) is 0 Å². The van der Waals surface area contributed by atoms with Crippen molar-refractivity contribution < 1.29 is 0 Å². The summed E-state index contributed by atoms with van der Waals surface area (Å²) in [5.41, 5.74) is 4.28. The van der Waals surface area contributed by atoms with Gasteiger partial charge in [0.1, 0.15) is 0 Å². The second-order valence-corrected chi connectivity index (χ2v) is 7.48. The van der Waals surface area contributed by atoms with Gasteiger partial charge in [0.15, 0.2) is 0 Å². The van der Waals surface area contributed by atoms with Crippen LogP contribution in [0.4, 0.5) is 0 Å². The minimum Gasteiger partial charge on any atom is -0.356 e. The average Bonchev–Trinajstić information content (AvgIpc) is 2.90. The molecule has 4 rings (SSSR count). The van der Waals surface area contributed by atoms with E-state index in [1.54, 1.807) is 5.56 Å². The topological polar surface area (TPSA) is 27.8 Å². The lowest BCUT2D eigenvalue weighted by molar-refractivity contribution is 0.318. The minimum atomic E-state index is 0.524. The molecule has 1 saturated carbocycles. The number of aromatic nitrogens is 1. The predicted octanol–water partition coefficient (Wildman–Crippen LogP) is 5.23. The van der Waals surface area contributed by atoms with Crippen molar-refractivity contribution in [2.75, 3.05) is 0 Å². The van der Waals surface area contributed by atoms with Crippen LogP contribution in [0.5, 0.6) is 0 Å². The molecule has 1 aromatic carbocycles. The molecule has 3 heteroatoms. The van der Waals surface area contributed by atoms with Crippen molar-refractivity contribution in [1.29, 1.82) is 0 Å². The van der Waals surface area contributed by atoms with Gasteiger partial charge in [-0.15, -0.1) is 0 Å². The van der Waals surface area contributed by atoms with Crippen molar-refractivity contribution in [3.05, 3.63) is 33.9 Å². The van der Waals surface area contributed by atoms with E-state index in [1.165, 1.54) is 72.4 Å². The molecule has 1 aromatic heterocycles. The molecule has 0 aliphatic heterocycles. The van der Waals surface area contributed by atoms with Gasteiger partial charge in [-0.3, -0.25) is 0 Å². The molecule has 0 saturated heterocycles. The molecule has 112 valence electrons. The number of para-hydroxylation sites is 1. The highest BCUT2D eigenvalue weighted by Gasteiger charge is 2.27. The lowest BCUT2D eigenvalue weighted by Gasteiger charge is -2.31. The summed E-state index contributed by atoms with van der Waals surface area (Å²) < 4.78 is 1.19. The highest BCUT2D eigenvalue weighted by atomic mass is 79.9. The summed E-state index contributed by atoms with van der Waals surface area (Å²) in [6, 6.07) is 7.80. The molecule has 2 aromatic rings. The molecule has 2 aliphatic carbocycles. The Morgan fingerprint density at radius 2 is 1.90 bits per heavy atom. The molecule has 0 radical (unpaired) electrons. The highest BCUT2D eigenvalue weighted by molar-refractivity contribution is 9.10. The van der Waals surface area contributed by atoms with Crippen LogP contribution in [-0.4, -0.2) is 11.0 Å². The van der Waals surface area contributed by atoms with Crippen molar-refractivity contribution in [3.63, 3.8) is 0 Å². The van der Waals surface area contributed by atoms with Crippen LogP contribution in [0.3, 0.4) is 0 Å². The first kappa shape index (κ1) is 13.8. The van der Waals surface area contributed by atoms with E-state index in [2.05, 4.69) is 44.4 Å². The van der Waals surface area contributed by atoms with Crippen molar-refractivity contribution in [2.45, 2.75) is 63.5 Å². The molecule has 1 unspecified atom stereocenters. The fourth-order valence-corrected chi connectivity index (χ4v) is 4.64. The Morgan fingerprint density at radius 3 is 2.76 bits per heavy atom. The van der Waals surface area contributed by atoms with E-state index in [1.807, 2.05) is 0 Å². The first-order chi connectivity index (χ1) is 10.3. The summed E-state index contributed by atoms with van der Waals surface area (Å²) in [6.45, 7) is 0. The van der Waals surface area contributed by atoms with E-state index in [0.717, 1.165) is 6.04 Å². The maximum atomic E-state index is 3.95. The van der Waals surface area contributed by atoms with Gasteiger partial charge in [0, 0.05) is 27.6 Å². The SMILES string of the molecule is Brc1cccc2c3c([nH]c12)C(NC1CCCCC1)CCC3. The van der Waals surface area contributed by atoms with Gasteiger partial charge in [-0.1, -0.05) is 31.4 Å². The maximum Gasteiger partial charge on any atom is 0.0603 e. The van der Waals surface area contributed by atoms with Crippen molar-refractivity contribution in [1.82, 2.24) is 10.3 Å². The number of rotatable bonds is 2. The molecule has 1 fully saturated rings. The minimum absolute atomic E-state index is 0.524. The zero-order valence-corrected chi connectivity index (χ0v) is 14.0. The Bertz CT molecular complexity index is 640. The third kappa shape index (κ3) is 2.55. The Hall–Kier alpha value is -0.800. The van der Waals surface area contributed by atoms with E-state index in [0.29, 0.717) is 6.04 Å². The molecular formula is C18H23BrN2. The number of fused-ring (bicyclic) bond motifs is 3. The van der Waals surface area contributed by atoms with Crippen LogP contribution in [0.15, 0.2) is 22.7 Å². The van der Waals surface area contributed by atoms with Crippen LogP contribution >= 0.6 is 15.9 Å². The fourth-order valence-electron chi connectivity index (χ4n) is 4.17. The van der Waals surface area contributed by atoms with Crippen molar-refractivity contribution >= 4 is 26.8 Å². The number of aromatic amines is 1. The Balaban J connectivity index is 1.67. The van der Waals surface area contributed by atoms with Gasteiger partial charge in [-0.25, -0.2) is 0 Å². The van der Waals surface area contributed by atoms with Gasteiger partial charge >= 0.3 is 0 Å². The number of hydrogen-bond acceptors (Lipinski definition) is 1. The van der Waals surface area contributed by atoms with Crippen LogP contribution in [0.1, 0.15) is 62.2 Å². The normalized spacial score (nSPS) is 23.4. The van der Waals surface area contributed by atoms with Gasteiger partial charge in [0.25, 0.3) is 0 Å². The predicted molar refractivity (Wildman–Crippen MR) is 91.7 cm³/mol. The quantitative estimate of drug-likeness (QED) is 0.765. The molecule has 2 aliphatic rings. The van der Waals surface area contributed by atoms with Crippen molar-refractivity contribution in [2.24, 2.45) is 0 Å². The van der Waals surface area contributed by atoms with E-state index >= 15 is 0 Å². The number of nitrogens with one attached hydrogen (secondary N) is 2. The largest absolute Gasteiger partial charge is 0.356 e. The Labute approximate surface area is 134 Å². The summed E-state index contributed by atoms with van der Waals surface area (Å²) in [7, 11) is 0. The summed E-state index contributed by atoms with van der Waals surface area (Å²) in [6.07, 6.45) is 10.7. The molecule has 1 heterocycles. The zero-order chi connectivity index (χ0) is 14.2. The smallest absolute Gasteiger partial charge is 0.0603 e. The molecule has 2 N–H and O–H groups in total. The number of benzene rings is 1. The van der Waals surface area contributed by atoms with Gasteiger partial charge < -0.3 is 10.3 Å². The summed E-state index contributed by atoms with van der Waals surface area (Å²) in [5, 5.41) is 5.36. The third-order valence-corrected chi connectivity index (χ3v) is 5.89. The van der Waals surface area contributed by atoms with Gasteiger partial charge in [-0.05, 0) is 59.7 Å². The van der Waals surface area contributed by atoms with E-state index in [9.17, 15) is 0 Å². The first-order valence-electron chi connectivity index (χ1n) is 8.38. The molecule has 0 bridgehead atoms.